The summed E-state index contributed by atoms with van der Waals surface area (Å²) in [6.45, 7) is -0.0419. The number of hydrogen-bond donors (Lipinski definition) is 3. The van der Waals surface area contributed by atoms with Gasteiger partial charge >= 0.3 is 0 Å². The normalized spacial score (nSPS) is 24.0. The van der Waals surface area contributed by atoms with Crippen LogP contribution in [-0.4, -0.2) is 47.7 Å². The van der Waals surface area contributed by atoms with Crippen LogP contribution < -0.4 is 21.1 Å². The molecule has 1 aliphatic heterocycles. The third-order valence-electron chi connectivity index (χ3n) is 6.51. The number of aliphatic imine (C=N–C) groups is 1. The summed E-state index contributed by atoms with van der Waals surface area (Å²) < 4.78 is 5.55. The van der Waals surface area contributed by atoms with Gasteiger partial charge in [0.25, 0.3) is 5.91 Å². The predicted octanol–water partition coefficient (Wildman–Crippen LogP) is 1.54. The van der Waals surface area contributed by atoms with Crippen molar-refractivity contribution in [2.45, 2.75) is 25.3 Å². The number of likely N-dealkylation sites (N-methyl/N-ethyl adjacent to an activating group) is 1. The molecule has 0 saturated heterocycles. The highest BCUT2D eigenvalue weighted by molar-refractivity contribution is 5.82. The number of aromatic nitrogens is 2. The number of allylic oxidation sites excluding steroid dienone is 1. The van der Waals surface area contributed by atoms with E-state index in [4.69, 9.17) is 20.4 Å². The number of rotatable bonds is 8. The Bertz CT molecular complexity index is 1160. The molecule has 9 heteroatoms. The summed E-state index contributed by atoms with van der Waals surface area (Å²) in [5, 5.41) is 6.03. The van der Waals surface area contributed by atoms with Crippen molar-refractivity contribution in [2.24, 2.45) is 28.5 Å². The molecule has 9 nitrogen and oxygen atoms in total. The van der Waals surface area contributed by atoms with Crippen LogP contribution in [0.15, 0.2) is 41.4 Å². The average Bonchev–Trinajstić information content (AvgIpc) is 3.54. The average molecular weight is 447 g/mol. The molecule has 1 fully saturated rings. The van der Waals surface area contributed by atoms with Crippen LogP contribution in [0.25, 0.3) is 0 Å². The number of carbonyl (C=O) groups is 2. The third kappa shape index (κ3) is 4.18. The van der Waals surface area contributed by atoms with Gasteiger partial charge in [0.05, 0.1) is 11.6 Å². The molecule has 1 saturated carbocycles. The zero-order chi connectivity index (χ0) is 22.9. The van der Waals surface area contributed by atoms with E-state index in [1.54, 1.807) is 7.05 Å². The fourth-order valence-corrected chi connectivity index (χ4v) is 4.95. The number of fused-ring (bicyclic) bond motifs is 3. The first-order valence-corrected chi connectivity index (χ1v) is 11.1. The number of nitrogens with two attached hydrogens (primary N) is 1. The number of benzene rings is 1. The van der Waals surface area contributed by atoms with Gasteiger partial charge in [0, 0.05) is 32.1 Å². The Labute approximate surface area is 191 Å². The number of carbonyl (C=O) groups excluding carboxylic acids is 2. The molecule has 2 amide bonds. The highest BCUT2D eigenvalue weighted by atomic mass is 16.5. The lowest BCUT2D eigenvalue weighted by Gasteiger charge is -2.27. The predicted molar refractivity (Wildman–Crippen MR) is 124 cm³/mol. The van der Waals surface area contributed by atoms with Crippen molar-refractivity contribution in [3.05, 3.63) is 53.5 Å². The van der Waals surface area contributed by atoms with Crippen molar-refractivity contribution in [3.8, 4) is 5.75 Å². The number of hydrogen-bond acceptors (Lipinski definition) is 7. The largest absolute Gasteiger partial charge is 0.484 e. The van der Waals surface area contributed by atoms with Gasteiger partial charge in [0.15, 0.2) is 12.4 Å². The monoisotopic (exact) mass is 446 g/mol. The summed E-state index contributed by atoms with van der Waals surface area (Å²) in [6, 6.07) is 7.44. The van der Waals surface area contributed by atoms with Crippen molar-refractivity contribution in [3.63, 3.8) is 0 Å². The van der Waals surface area contributed by atoms with Gasteiger partial charge in [-0.2, -0.15) is 0 Å². The molecule has 2 aliphatic carbocycles. The Kier molecular flexibility index (Phi) is 5.53. The molecule has 0 radical (unpaired) electrons. The Morgan fingerprint density at radius 2 is 2.06 bits per heavy atom. The summed E-state index contributed by atoms with van der Waals surface area (Å²) in [4.78, 5) is 37.6. The number of amides is 2. The molecule has 2 bridgehead atoms. The topological polar surface area (TPSA) is 132 Å². The molecule has 3 aliphatic rings. The highest BCUT2D eigenvalue weighted by Crippen LogP contribution is 2.45. The Balaban J connectivity index is 1.38. The molecule has 1 aromatic heterocycles. The van der Waals surface area contributed by atoms with E-state index in [-0.39, 0.29) is 42.2 Å². The second-order valence-electron chi connectivity index (χ2n) is 8.63. The lowest BCUT2D eigenvalue weighted by Crippen LogP contribution is -2.41. The highest BCUT2D eigenvalue weighted by Gasteiger charge is 2.47. The second kappa shape index (κ2) is 8.65. The van der Waals surface area contributed by atoms with Gasteiger partial charge in [-0.1, -0.05) is 24.3 Å². The molecule has 33 heavy (non-hydrogen) atoms. The van der Waals surface area contributed by atoms with Crippen LogP contribution in [0, 0.1) is 17.8 Å². The molecule has 1 aromatic carbocycles. The van der Waals surface area contributed by atoms with Gasteiger partial charge in [-0.15, -0.1) is 0 Å². The minimum atomic E-state index is -0.285. The van der Waals surface area contributed by atoms with Gasteiger partial charge in [-0.05, 0) is 36.0 Å². The van der Waals surface area contributed by atoms with Crippen LogP contribution >= 0.6 is 0 Å². The first-order valence-electron chi connectivity index (χ1n) is 11.1. The van der Waals surface area contributed by atoms with Crippen LogP contribution in [0.1, 0.15) is 23.5 Å². The lowest BCUT2D eigenvalue weighted by atomic mass is 9.88. The minimum absolute atomic E-state index is 0.0419. The van der Waals surface area contributed by atoms with Crippen LogP contribution in [0.5, 0.6) is 5.75 Å². The number of nitrogens with zero attached hydrogens (tertiary/aromatic N) is 3. The Morgan fingerprint density at radius 1 is 1.21 bits per heavy atom. The molecule has 0 unspecified atom stereocenters. The van der Waals surface area contributed by atoms with E-state index in [1.165, 1.54) is 0 Å². The van der Waals surface area contributed by atoms with E-state index in [2.05, 4.69) is 27.8 Å². The quantitative estimate of drug-likeness (QED) is 0.527. The summed E-state index contributed by atoms with van der Waals surface area (Å²) >= 11 is 0. The summed E-state index contributed by atoms with van der Waals surface area (Å²) in [7, 11) is 1.57. The van der Waals surface area contributed by atoms with Crippen molar-refractivity contribution in [1.29, 1.82) is 0 Å². The third-order valence-corrected chi connectivity index (χ3v) is 6.51. The van der Waals surface area contributed by atoms with Crippen molar-refractivity contribution >= 4 is 29.5 Å². The number of ether oxygens (including phenoxy) is 1. The molecule has 0 spiro atoms. The number of anilines is 1. The molecule has 4 N–H and O–H groups in total. The van der Waals surface area contributed by atoms with Crippen molar-refractivity contribution < 1.29 is 14.3 Å². The molecular formula is C24H26N6O3. The van der Waals surface area contributed by atoms with E-state index in [9.17, 15) is 9.59 Å². The fourth-order valence-electron chi connectivity index (χ4n) is 4.95. The Hall–Kier alpha value is -3.75. The van der Waals surface area contributed by atoms with E-state index in [0.29, 0.717) is 30.2 Å². The van der Waals surface area contributed by atoms with Crippen LogP contribution in [0.4, 0.5) is 11.5 Å². The van der Waals surface area contributed by atoms with E-state index >= 15 is 0 Å². The van der Waals surface area contributed by atoms with Gasteiger partial charge in [0.2, 0.25) is 5.91 Å². The molecule has 4 atom stereocenters. The fraction of sp³-hybridized carbons (Fsp3) is 0.375. The van der Waals surface area contributed by atoms with E-state index in [0.717, 1.165) is 23.4 Å². The molecule has 5 rings (SSSR count). The Morgan fingerprint density at radius 3 is 2.88 bits per heavy atom. The second-order valence-corrected chi connectivity index (χ2v) is 8.63. The van der Waals surface area contributed by atoms with Gasteiger partial charge < -0.3 is 21.1 Å². The number of primary amides is 1. The maximum absolute atomic E-state index is 12.1. The molecule has 2 heterocycles. The molecular weight excluding hydrogens is 420 g/mol. The first kappa shape index (κ1) is 21.1. The summed E-state index contributed by atoms with van der Waals surface area (Å²) in [5.74, 6) is 1.61. The smallest absolute Gasteiger partial charge is 0.257 e. The molecule has 2 aromatic rings. The number of nitrogens with one attached hydrogen (secondary N) is 2. The SMILES string of the molecule is CNC(=O)COc1cccc(Cc2nc3c(c(N[C@H]4[C@@H](C(N)=O)[C@@H]5C=C[C@H]4C5)n2)N=CC3)c1. The van der Waals surface area contributed by atoms with Crippen LogP contribution in [0.2, 0.25) is 0 Å². The minimum Gasteiger partial charge on any atom is -0.484 e. The van der Waals surface area contributed by atoms with Gasteiger partial charge in [0.1, 0.15) is 17.3 Å². The standard InChI is InChI=1S/C24H26N6O3/c1-26-19(31)12-33-16-4-2-3-13(9-16)10-18-28-17-7-8-27-22(17)24(29-18)30-21-15-6-5-14(11-15)20(21)23(25)32/h2-6,8-9,14-15,20-21H,7,10-12H2,1H3,(H2,25,32)(H,26,31)(H,28,29,30)/t14-,15+,20+,21-/m1/s1. The summed E-state index contributed by atoms with van der Waals surface area (Å²) in [5.41, 5.74) is 8.29. The van der Waals surface area contributed by atoms with Gasteiger partial charge in [-0.25, -0.2) is 9.97 Å². The first-order chi connectivity index (χ1) is 16.0. The maximum Gasteiger partial charge on any atom is 0.257 e. The zero-order valence-electron chi connectivity index (χ0n) is 18.3. The van der Waals surface area contributed by atoms with Crippen LogP contribution in [-0.2, 0) is 22.4 Å². The van der Waals surface area contributed by atoms with Gasteiger partial charge in [-0.3, -0.25) is 14.6 Å². The van der Waals surface area contributed by atoms with Crippen molar-refractivity contribution in [2.75, 3.05) is 19.0 Å². The van der Waals surface area contributed by atoms with E-state index < -0.39 is 0 Å². The molecule has 170 valence electrons. The lowest BCUT2D eigenvalue weighted by molar-refractivity contribution is -0.123. The maximum atomic E-state index is 12.1. The van der Waals surface area contributed by atoms with Crippen LogP contribution in [0.3, 0.4) is 0 Å². The zero-order valence-corrected chi connectivity index (χ0v) is 18.3. The van der Waals surface area contributed by atoms with Crippen molar-refractivity contribution in [1.82, 2.24) is 15.3 Å². The summed E-state index contributed by atoms with van der Waals surface area (Å²) in [6.07, 6.45) is 8.16. The van der Waals surface area contributed by atoms with E-state index in [1.807, 2.05) is 30.5 Å².